The van der Waals surface area contributed by atoms with E-state index < -0.39 is 0 Å². The summed E-state index contributed by atoms with van der Waals surface area (Å²) in [5.74, 6) is 0. The molecular weight excluding hydrogens is 328 g/mol. The van der Waals surface area contributed by atoms with Gasteiger partial charge in [-0.2, -0.15) is 0 Å². The van der Waals surface area contributed by atoms with Gasteiger partial charge in [0.1, 0.15) is 10.7 Å². The summed E-state index contributed by atoms with van der Waals surface area (Å²) in [6, 6.07) is 8.22. The topological polar surface area (TPSA) is 25.8 Å². The van der Waals surface area contributed by atoms with Crippen LogP contribution in [0.5, 0.6) is 0 Å². The molecule has 0 aliphatic heterocycles. The highest BCUT2D eigenvalue weighted by atomic mass is 79.9. The van der Waals surface area contributed by atoms with Crippen molar-refractivity contribution in [3.63, 3.8) is 0 Å². The summed E-state index contributed by atoms with van der Waals surface area (Å²) in [5, 5.41) is 3.02. The third-order valence-corrected chi connectivity index (χ3v) is 4.62. The van der Waals surface area contributed by atoms with Crippen molar-refractivity contribution in [3.8, 4) is 22.0 Å². The van der Waals surface area contributed by atoms with Crippen LogP contribution in [-0.4, -0.2) is 9.97 Å². The van der Waals surface area contributed by atoms with Gasteiger partial charge in [0.15, 0.2) is 0 Å². The summed E-state index contributed by atoms with van der Waals surface area (Å²) in [6.45, 7) is 2.10. The fourth-order valence-corrected chi connectivity index (χ4v) is 3.64. The van der Waals surface area contributed by atoms with Crippen molar-refractivity contribution in [1.29, 1.82) is 0 Å². The van der Waals surface area contributed by atoms with Gasteiger partial charge in [-0.15, -0.1) is 22.7 Å². The van der Waals surface area contributed by atoms with Crippen molar-refractivity contribution in [2.45, 2.75) is 6.92 Å². The molecule has 0 radical (unpaired) electrons. The number of hydrogen-bond donors (Lipinski definition) is 0. The zero-order valence-corrected chi connectivity index (χ0v) is 12.8. The molecule has 3 aromatic rings. The van der Waals surface area contributed by atoms with Crippen molar-refractivity contribution in [3.05, 3.63) is 44.5 Å². The van der Waals surface area contributed by atoms with Gasteiger partial charge in [0.25, 0.3) is 0 Å². The van der Waals surface area contributed by atoms with Crippen molar-refractivity contribution >= 4 is 38.6 Å². The number of hydrogen-bond acceptors (Lipinski definition) is 4. The Hall–Kier alpha value is -1.04. The molecule has 0 fully saturated rings. The first-order chi connectivity index (χ1) is 8.74. The summed E-state index contributed by atoms with van der Waals surface area (Å²) < 4.78 is 1.07. The Bertz CT molecular complexity index is 674. The molecule has 0 aliphatic carbocycles. The zero-order chi connectivity index (χ0) is 12.5. The molecule has 0 N–H and O–H groups in total. The van der Waals surface area contributed by atoms with Crippen LogP contribution in [0, 0.1) is 6.92 Å². The number of benzene rings is 1. The van der Waals surface area contributed by atoms with Crippen molar-refractivity contribution in [1.82, 2.24) is 9.97 Å². The molecular formula is C13H9BrN2S2. The van der Waals surface area contributed by atoms with Crippen molar-refractivity contribution in [2.75, 3.05) is 0 Å². The predicted octanol–water partition coefficient (Wildman–Crippen LogP) is 5.00. The molecule has 90 valence electrons. The minimum atomic E-state index is 0.967. The number of aromatic nitrogens is 2. The van der Waals surface area contributed by atoms with E-state index in [1.54, 1.807) is 22.7 Å². The molecule has 0 saturated heterocycles. The standard InChI is InChI=1S/C13H9BrN2S2/c1-8-12(9-3-2-4-10(14)5-9)16-13(18-8)11-6-17-7-15-11/h2-7H,1H3. The lowest BCUT2D eigenvalue weighted by atomic mass is 10.1. The van der Waals surface area contributed by atoms with Crippen LogP contribution >= 0.6 is 38.6 Å². The molecule has 18 heavy (non-hydrogen) atoms. The Morgan fingerprint density at radius 1 is 1.28 bits per heavy atom. The van der Waals surface area contributed by atoms with Gasteiger partial charge in [-0.05, 0) is 19.1 Å². The van der Waals surface area contributed by atoms with E-state index in [1.807, 2.05) is 23.0 Å². The van der Waals surface area contributed by atoms with Gasteiger partial charge in [0.2, 0.25) is 0 Å². The quantitative estimate of drug-likeness (QED) is 0.657. The van der Waals surface area contributed by atoms with Crippen LogP contribution in [0.1, 0.15) is 4.88 Å². The average molecular weight is 337 g/mol. The second-order valence-corrected chi connectivity index (χ2v) is 6.65. The Balaban J connectivity index is 2.09. The molecule has 2 heterocycles. The first-order valence-electron chi connectivity index (χ1n) is 5.36. The molecule has 5 heteroatoms. The molecule has 2 aromatic heterocycles. The number of aryl methyl sites for hydroxylation is 1. The maximum Gasteiger partial charge on any atom is 0.143 e. The number of rotatable bonds is 2. The van der Waals surface area contributed by atoms with Gasteiger partial charge in [-0.25, -0.2) is 9.97 Å². The van der Waals surface area contributed by atoms with Crippen LogP contribution in [0.15, 0.2) is 39.6 Å². The highest BCUT2D eigenvalue weighted by molar-refractivity contribution is 9.10. The molecule has 0 unspecified atom stereocenters. The highest BCUT2D eigenvalue weighted by Gasteiger charge is 2.12. The van der Waals surface area contributed by atoms with Gasteiger partial charge in [-0.1, -0.05) is 28.1 Å². The monoisotopic (exact) mass is 336 g/mol. The first kappa shape index (κ1) is 12.0. The van der Waals surface area contributed by atoms with E-state index in [0.29, 0.717) is 0 Å². The SMILES string of the molecule is Cc1sc(-c2cscn2)nc1-c1cccc(Br)c1. The van der Waals surface area contributed by atoms with Gasteiger partial charge >= 0.3 is 0 Å². The summed E-state index contributed by atoms with van der Waals surface area (Å²) >= 11 is 6.78. The van der Waals surface area contributed by atoms with Crippen molar-refractivity contribution in [2.24, 2.45) is 0 Å². The van der Waals surface area contributed by atoms with E-state index in [0.717, 1.165) is 26.4 Å². The van der Waals surface area contributed by atoms with Crippen LogP contribution in [0.25, 0.3) is 22.0 Å². The van der Waals surface area contributed by atoms with Crippen LogP contribution < -0.4 is 0 Å². The summed E-state index contributed by atoms with van der Waals surface area (Å²) in [4.78, 5) is 10.2. The second-order valence-electron chi connectivity index (χ2n) is 3.81. The summed E-state index contributed by atoms with van der Waals surface area (Å²) in [5.41, 5.74) is 4.99. The lowest BCUT2D eigenvalue weighted by molar-refractivity contribution is 1.33. The van der Waals surface area contributed by atoms with Gasteiger partial charge in [0, 0.05) is 20.3 Å². The highest BCUT2D eigenvalue weighted by Crippen LogP contribution is 2.33. The molecule has 0 saturated carbocycles. The Morgan fingerprint density at radius 3 is 2.89 bits per heavy atom. The Labute approximate surface area is 121 Å². The molecule has 0 atom stereocenters. The van der Waals surface area contributed by atoms with Gasteiger partial charge in [-0.3, -0.25) is 0 Å². The third-order valence-electron chi connectivity index (χ3n) is 2.55. The smallest absolute Gasteiger partial charge is 0.143 e. The van der Waals surface area contributed by atoms with E-state index in [-0.39, 0.29) is 0 Å². The van der Waals surface area contributed by atoms with Crippen LogP contribution in [0.3, 0.4) is 0 Å². The van der Waals surface area contributed by atoms with E-state index in [4.69, 9.17) is 4.98 Å². The van der Waals surface area contributed by atoms with Crippen LogP contribution in [-0.2, 0) is 0 Å². The third kappa shape index (κ3) is 2.25. The maximum absolute atomic E-state index is 4.71. The molecule has 3 rings (SSSR count). The van der Waals surface area contributed by atoms with E-state index >= 15 is 0 Å². The Kier molecular flexibility index (Phi) is 3.28. The lowest BCUT2D eigenvalue weighted by Crippen LogP contribution is -1.81. The normalized spacial score (nSPS) is 10.8. The fourth-order valence-electron chi connectivity index (χ4n) is 1.73. The predicted molar refractivity (Wildman–Crippen MR) is 81.1 cm³/mol. The minimum Gasteiger partial charge on any atom is -0.242 e. The molecule has 1 aromatic carbocycles. The largest absolute Gasteiger partial charge is 0.242 e. The molecule has 0 amide bonds. The molecule has 0 aliphatic rings. The lowest BCUT2D eigenvalue weighted by Gasteiger charge is -1.98. The van der Waals surface area contributed by atoms with Gasteiger partial charge < -0.3 is 0 Å². The zero-order valence-electron chi connectivity index (χ0n) is 9.55. The summed E-state index contributed by atoms with van der Waals surface area (Å²) in [6.07, 6.45) is 0. The average Bonchev–Trinajstić information content (AvgIpc) is 2.97. The first-order valence-corrected chi connectivity index (χ1v) is 7.91. The molecule has 2 nitrogen and oxygen atoms in total. The summed E-state index contributed by atoms with van der Waals surface area (Å²) in [7, 11) is 0. The van der Waals surface area contributed by atoms with Crippen LogP contribution in [0.2, 0.25) is 0 Å². The number of halogens is 1. The number of nitrogens with zero attached hydrogens (tertiary/aromatic N) is 2. The van der Waals surface area contributed by atoms with Crippen LogP contribution in [0.4, 0.5) is 0 Å². The second kappa shape index (κ2) is 4.91. The maximum atomic E-state index is 4.71. The molecule has 0 spiro atoms. The van der Waals surface area contributed by atoms with Gasteiger partial charge in [0.05, 0.1) is 11.2 Å². The van der Waals surface area contributed by atoms with E-state index in [2.05, 4.69) is 40.0 Å². The minimum absolute atomic E-state index is 0.967. The van der Waals surface area contributed by atoms with E-state index in [9.17, 15) is 0 Å². The molecule has 0 bridgehead atoms. The fraction of sp³-hybridized carbons (Fsp3) is 0.0769. The van der Waals surface area contributed by atoms with E-state index in [1.165, 1.54) is 4.88 Å². The van der Waals surface area contributed by atoms with Crippen molar-refractivity contribution < 1.29 is 0 Å². The Morgan fingerprint density at radius 2 is 2.17 bits per heavy atom. The number of thiazole rings is 2.